The fraction of sp³-hybridized carbons (Fsp3) is 0.261. The van der Waals surface area contributed by atoms with Gasteiger partial charge in [0, 0.05) is 54.8 Å². The molecule has 5 heteroatoms. The standard InChI is InChI=1S/C23H22FN3O/c24-20-8-6-17(7-9-20)15-21-4-1-5-22(26-21)19-3-2-14-27(16-19)23(28)18-10-12-25-13-11-18/h1,4-13,19H,2-3,14-16H2/t19-/m0/s1. The van der Waals surface area contributed by atoms with E-state index in [1.54, 1.807) is 36.7 Å². The summed E-state index contributed by atoms with van der Waals surface area (Å²) in [5.74, 6) is 0.0499. The highest BCUT2D eigenvalue weighted by Crippen LogP contribution is 2.27. The van der Waals surface area contributed by atoms with Gasteiger partial charge < -0.3 is 4.90 Å². The number of carbonyl (C=O) groups excluding carboxylic acids is 1. The van der Waals surface area contributed by atoms with Crippen molar-refractivity contribution in [2.45, 2.75) is 25.2 Å². The number of hydrogen-bond donors (Lipinski definition) is 0. The average Bonchev–Trinajstić information content (AvgIpc) is 2.76. The number of likely N-dealkylation sites (tertiary alicyclic amines) is 1. The van der Waals surface area contributed by atoms with Crippen LogP contribution in [0.2, 0.25) is 0 Å². The maximum atomic E-state index is 13.1. The molecule has 142 valence electrons. The van der Waals surface area contributed by atoms with Gasteiger partial charge in [0.15, 0.2) is 0 Å². The lowest BCUT2D eigenvalue weighted by atomic mass is 9.93. The smallest absolute Gasteiger partial charge is 0.253 e. The minimum atomic E-state index is -0.230. The molecular formula is C23H22FN3O. The number of pyridine rings is 2. The summed E-state index contributed by atoms with van der Waals surface area (Å²) in [6.07, 6.45) is 5.95. The molecule has 1 aromatic carbocycles. The Bertz CT molecular complexity index is 944. The van der Waals surface area contributed by atoms with Gasteiger partial charge in [-0.25, -0.2) is 4.39 Å². The van der Waals surface area contributed by atoms with E-state index >= 15 is 0 Å². The Labute approximate surface area is 164 Å². The number of piperidine rings is 1. The molecule has 28 heavy (non-hydrogen) atoms. The number of aromatic nitrogens is 2. The summed E-state index contributed by atoms with van der Waals surface area (Å²) in [5.41, 5.74) is 3.69. The molecule has 0 unspecified atom stereocenters. The molecule has 2 aromatic heterocycles. The van der Waals surface area contributed by atoms with Crippen molar-refractivity contribution in [3.05, 3.63) is 95.3 Å². The fourth-order valence-electron chi connectivity index (χ4n) is 3.72. The van der Waals surface area contributed by atoms with E-state index in [4.69, 9.17) is 4.98 Å². The Morgan fingerprint density at radius 2 is 1.86 bits per heavy atom. The van der Waals surface area contributed by atoms with Crippen LogP contribution in [0.1, 0.15) is 46.1 Å². The molecule has 0 radical (unpaired) electrons. The Hall–Kier alpha value is -3.08. The molecule has 0 saturated carbocycles. The summed E-state index contributed by atoms with van der Waals surface area (Å²) in [4.78, 5) is 23.5. The van der Waals surface area contributed by atoms with Crippen molar-refractivity contribution in [1.82, 2.24) is 14.9 Å². The van der Waals surface area contributed by atoms with Crippen LogP contribution in [0.25, 0.3) is 0 Å². The molecule has 0 bridgehead atoms. The third-order valence-corrected chi connectivity index (χ3v) is 5.18. The van der Waals surface area contributed by atoms with Crippen molar-refractivity contribution < 1.29 is 9.18 Å². The van der Waals surface area contributed by atoms with E-state index in [0.717, 1.165) is 36.3 Å². The zero-order chi connectivity index (χ0) is 19.3. The quantitative estimate of drug-likeness (QED) is 0.686. The molecule has 1 aliphatic heterocycles. The van der Waals surface area contributed by atoms with Crippen LogP contribution in [-0.4, -0.2) is 33.9 Å². The number of halogens is 1. The first kappa shape index (κ1) is 18.3. The second-order valence-corrected chi connectivity index (χ2v) is 7.18. The number of rotatable bonds is 4. The molecule has 3 heterocycles. The summed E-state index contributed by atoms with van der Waals surface area (Å²) in [6.45, 7) is 1.45. The highest BCUT2D eigenvalue weighted by molar-refractivity contribution is 5.94. The predicted octanol–water partition coefficient (Wildman–Crippen LogP) is 4.23. The first-order valence-electron chi connectivity index (χ1n) is 9.58. The van der Waals surface area contributed by atoms with Crippen molar-refractivity contribution in [1.29, 1.82) is 0 Å². The van der Waals surface area contributed by atoms with Gasteiger partial charge in [-0.2, -0.15) is 0 Å². The molecule has 3 aromatic rings. The van der Waals surface area contributed by atoms with Gasteiger partial charge in [-0.1, -0.05) is 18.2 Å². The first-order chi connectivity index (χ1) is 13.7. The second-order valence-electron chi connectivity index (χ2n) is 7.18. The lowest BCUT2D eigenvalue weighted by Crippen LogP contribution is -2.39. The SMILES string of the molecule is O=C(c1ccncc1)N1CCC[C@H](c2cccc(Cc3ccc(F)cc3)n2)C1. The minimum absolute atomic E-state index is 0.0505. The minimum Gasteiger partial charge on any atom is -0.338 e. The predicted molar refractivity (Wildman–Crippen MR) is 106 cm³/mol. The van der Waals surface area contributed by atoms with Gasteiger partial charge in [-0.15, -0.1) is 0 Å². The van der Waals surface area contributed by atoms with Gasteiger partial charge in [0.05, 0.1) is 0 Å². The summed E-state index contributed by atoms with van der Waals surface area (Å²) in [6, 6.07) is 16.1. The maximum absolute atomic E-state index is 13.1. The van der Waals surface area contributed by atoms with Crippen LogP contribution < -0.4 is 0 Å². The van der Waals surface area contributed by atoms with Gasteiger partial charge in [0.2, 0.25) is 0 Å². The number of amides is 1. The highest BCUT2D eigenvalue weighted by Gasteiger charge is 2.26. The van der Waals surface area contributed by atoms with Gasteiger partial charge in [0.1, 0.15) is 5.82 Å². The highest BCUT2D eigenvalue weighted by atomic mass is 19.1. The molecule has 1 amide bonds. The lowest BCUT2D eigenvalue weighted by Gasteiger charge is -2.32. The van der Waals surface area contributed by atoms with Crippen molar-refractivity contribution in [2.75, 3.05) is 13.1 Å². The molecule has 0 N–H and O–H groups in total. The van der Waals surface area contributed by atoms with Crippen molar-refractivity contribution in [2.24, 2.45) is 0 Å². The van der Waals surface area contributed by atoms with Crippen LogP contribution >= 0.6 is 0 Å². The summed E-state index contributed by atoms with van der Waals surface area (Å²) in [5, 5.41) is 0. The van der Waals surface area contributed by atoms with Gasteiger partial charge in [0.25, 0.3) is 5.91 Å². The Morgan fingerprint density at radius 3 is 2.64 bits per heavy atom. The van der Waals surface area contributed by atoms with Gasteiger partial charge in [-0.3, -0.25) is 14.8 Å². The monoisotopic (exact) mass is 375 g/mol. The van der Waals surface area contributed by atoms with E-state index in [1.165, 1.54) is 12.1 Å². The first-order valence-corrected chi connectivity index (χ1v) is 9.58. The molecule has 4 nitrogen and oxygen atoms in total. The average molecular weight is 375 g/mol. The molecule has 1 saturated heterocycles. The van der Waals surface area contributed by atoms with E-state index in [2.05, 4.69) is 4.98 Å². The van der Waals surface area contributed by atoms with E-state index in [-0.39, 0.29) is 17.6 Å². The summed E-state index contributed by atoms with van der Waals surface area (Å²) < 4.78 is 13.1. The number of nitrogens with zero attached hydrogens (tertiary/aromatic N) is 3. The van der Waals surface area contributed by atoms with Crippen LogP contribution in [-0.2, 0) is 6.42 Å². The molecule has 1 aliphatic rings. The van der Waals surface area contributed by atoms with E-state index in [1.807, 2.05) is 23.1 Å². The number of carbonyl (C=O) groups is 1. The third-order valence-electron chi connectivity index (χ3n) is 5.18. The number of benzene rings is 1. The van der Waals surface area contributed by atoms with Crippen molar-refractivity contribution in [3.63, 3.8) is 0 Å². The second kappa shape index (κ2) is 8.30. The number of hydrogen-bond acceptors (Lipinski definition) is 3. The van der Waals surface area contributed by atoms with Crippen molar-refractivity contribution >= 4 is 5.91 Å². The summed E-state index contributed by atoms with van der Waals surface area (Å²) >= 11 is 0. The van der Waals surface area contributed by atoms with Crippen molar-refractivity contribution in [3.8, 4) is 0 Å². The fourth-order valence-corrected chi connectivity index (χ4v) is 3.72. The molecule has 1 fully saturated rings. The zero-order valence-electron chi connectivity index (χ0n) is 15.6. The Kier molecular flexibility index (Phi) is 5.42. The van der Waals surface area contributed by atoms with Gasteiger partial charge >= 0.3 is 0 Å². The van der Waals surface area contributed by atoms with Gasteiger partial charge in [-0.05, 0) is 54.8 Å². The van der Waals surface area contributed by atoms with Crippen LogP contribution in [0.4, 0.5) is 4.39 Å². The molecular weight excluding hydrogens is 353 g/mol. The Morgan fingerprint density at radius 1 is 1.07 bits per heavy atom. The summed E-state index contributed by atoms with van der Waals surface area (Å²) in [7, 11) is 0. The van der Waals surface area contributed by atoms with E-state index in [0.29, 0.717) is 18.5 Å². The zero-order valence-corrected chi connectivity index (χ0v) is 15.6. The Balaban J connectivity index is 1.47. The van der Waals surface area contributed by atoms with Crippen LogP contribution in [0, 0.1) is 5.82 Å². The van der Waals surface area contributed by atoms with E-state index in [9.17, 15) is 9.18 Å². The normalized spacial score (nSPS) is 16.8. The van der Waals surface area contributed by atoms with Crippen LogP contribution in [0.5, 0.6) is 0 Å². The molecule has 0 aliphatic carbocycles. The van der Waals surface area contributed by atoms with E-state index < -0.39 is 0 Å². The topological polar surface area (TPSA) is 46.1 Å². The van der Waals surface area contributed by atoms with Crippen LogP contribution in [0.15, 0.2) is 67.0 Å². The third kappa shape index (κ3) is 4.25. The molecule has 4 rings (SSSR count). The van der Waals surface area contributed by atoms with Crippen LogP contribution in [0.3, 0.4) is 0 Å². The lowest BCUT2D eigenvalue weighted by molar-refractivity contribution is 0.0705. The molecule has 1 atom stereocenters. The molecule has 0 spiro atoms. The maximum Gasteiger partial charge on any atom is 0.253 e. The largest absolute Gasteiger partial charge is 0.338 e.